The van der Waals surface area contributed by atoms with E-state index in [1.165, 1.54) is 6.33 Å². The third-order valence-electron chi connectivity index (χ3n) is 0.478. The van der Waals surface area contributed by atoms with Crippen molar-refractivity contribution in [2.24, 2.45) is 0 Å². The molecule has 0 saturated carbocycles. The number of hydrogen-bond donors (Lipinski definition) is 2. The fraction of sp³-hybridized carbons (Fsp3) is 0. The SMILES string of the molecule is O.O=[P+](O)O.[H-].[K+].c1cncnc1. The van der Waals surface area contributed by atoms with E-state index >= 15 is 0 Å². The molecule has 0 fully saturated rings. The van der Waals surface area contributed by atoms with Crippen LogP contribution in [-0.2, 0) is 4.57 Å². The van der Waals surface area contributed by atoms with Crippen molar-refractivity contribution in [1.82, 2.24) is 9.97 Å². The zero-order valence-electron chi connectivity index (χ0n) is 7.45. The van der Waals surface area contributed by atoms with Crippen molar-refractivity contribution < 1.29 is 72.6 Å². The number of hydrogen-bond acceptors (Lipinski definition) is 3. The fourth-order valence-electron chi connectivity index (χ4n) is 0.253. The summed E-state index contributed by atoms with van der Waals surface area (Å²) in [5.41, 5.74) is 0. The second kappa shape index (κ2) is 14.2. The summed E-state index contributed by atoms with van der Waals surface area (Å²) >= 11 is 0. The van der Waals surface area contributed by atoms with Crippen LogP contribution in [0.3, 0.4) is 0 Å². The molecule has 0 aliphatic carbocycles. The molecule has 0 aliphatic heterocycles. The van der Waals surface area contributed by atoms with Gasteiger partial charge in [0.15, 0.2) is 0 Å². The Labute approximate surface area is 114 Å². The summed E-state index contributed by atoms with van der Waals surface area (Å²) in [6.07, 6.45) is 4.88. The molecule has 1 aromatic rings. The summed E-state index contributed by atoms with van der Waals surface area (Å²) in [5.74, 6) is 0. The number of aromatic nitrogens is 2. The van der Waals surface area contributed by atoms with Crippen LogP contribution in [0.1, 0.15) is 1.43 Å². The molecule has 0 aromatic carbocycles. The summed E-state index contributed by atoms with van der Waals surface area (Å²) in [5, 5.41) is 0. The Kier molecular flexibility index (Phi) is 21.9. The van der Waals surface area contributed by atoms with Crippen molar-refractivity contribution >= 4 is 8.25 Å². The summed E-state index contributed by atoms with van der Waals surface area (Å²) < 4.78 is 8.70. The fourth-order valence-corrected chi connectivity index (χ4v) is 0.253. The van der Waals surface area contributed by atoms with Gasteiger partial charge in [-0.3, -0.25) is 0 Å². The van der Waals surface area contributed by atoms with Crippen molar-refractivity contribution in [2.45, 2.75) is 0 Å². The topological polar surface area (TPSA) is 115 Å². The van der Waals surface area contributed by atoms with Crippen LogP contribution < -0.4 is 51.4 Å². The maximum Gasteiger partial charge on any atom is 1.00 e. The van der Waals surface area contributed by atoms with Crippen molar-refractivity contribution in [3.63, 3.8) is 0 Å². The first-order chi connectivity index (χ1) is 4.73. The monoisotopic (exact) mass is 219 g/mol. The Hall–Kier alpha value is 0.696. The molecule has 0 amide bonds. The van der Waals surface area contributed by atoms with Crippen LogP contribution in [0.25, 0.3) is 0 Å². The van der Waals surface area contributed by atoms with Crippen LogP contribution in [-0.4, -0.2) is 25.2 Å². The molecule has 12 heavy (non-hydrogen) atoms. The van der Waals surface area contributed by atoms with E-state index in [4.69, 9.17) is 14.4 Å². The second-order valence-electron chi connectivity index (χ2n) is 1.16. The van der Waals surface area contributed by atoms with E-state index in [1.54, 1.807) is 18.5 Å². The van der Waals surface area contributed by atoms with Gasteiger partial charge in [-0.05, 0) is 6.07 Å². The predicted molar refractivity (Wildman–Crippen MR) is 38.8 cm³/mol. The van der Waals surface area contributed by atoms with Gasteiger partial charge in [-0.1, -0.05) is 0 Å². The first-order valence-corrected chi connectivity index (χ1v) is 3.45. The number of nitrogens with zero attached hydrogens (tertiary/aromatic N) is 2. The van der Waals surface area contributed by atoms with Crippen LogP contribution in [0.5, 0.6) is 0 Å². The van der Waals surface area contributed by atoms with E-state index in [2.05, 4.69) is 9.97 Å². The van der Waals surface area contributed by atoms with E-state index in [1.807, 2.05) is 0 Å². The van der Waals surface area contributed by atoms with E-state index in [-0.39, 0.29) is 58.3 Å². The van der Waals surface area contributed by atoms with Gasteiger partial charge >= 0.3 is 59.6 Å². The minimum absolute atomic E-state index is 0. The molecule has 0 saturated heterocycles. The van der Waals surface area contributed by atoms with E-state index in [0.29, 0.717) is 0 Å². The van der Waals surface area contributed by atoms with Gasteiger partial charge in [-0.25, -0.2) is 9.97 Å². The minimum Gasteiger partial charge on any atom is -1.00 e. The summed E-state index contributed by atoms with van der Waals surface area (Å²) in [4.78, 5) is 21.6. The first kappa shape index (κ1) is 18.5. The molecule has 0 spiro atoms. The molecular formula is C4H9KN2O4P+. The van der Waals surface area contributed by atoms with Gasteiger partial charge < -0.3 is 6.90 Å². The van der Waals surface area contributed by atoms with E-state index in [9.17, 15) is 0 Å². The van der Waals surface area contributed by atoms with Crippen molar-refractivity contribution in [2.75, 3.05) is 0 Å². The zero-order valence-corrected chi connectivity index (χ0v) is 10.5. The van der Waals surface area contributed by atoms with Gasteiger partial charge in [0.1, 0.15) is 6.33 Å². The largest absolute Gasteiger partial charge is 1.00 e. The third kappa shape index (κ3) is 22.4. The Balaban J connectivity index is -0.0000000536. The van der Waals surface area contributed by atoms with E-state index < -0.39 is 8.25 Å². The average molecular weight is 219 g/mol. The quantitative estimate of drug-likeness (QED) is 0.345. The molecule has 0 atom stereocenters. The molecule has 0 unspecified atom stereocenters. The van der Waals surface area contributed by atoms with Crippen LogP contribution >= 0.6 is 8.25 Å². The normalized spacial score (nSPS) is 6.17. The van der Waals surface area contributed by atoms with Crippen molar-refractivity contribution in [1.29, 1.82) is 0 Å². The summed E-state index contributed by atoms with van der Waals surface area (Å²) in [6, 6.07) is 1.78. The maximum absolute atomic E-state index is 8.70. The smallest absolute Gasteiger partial charge is 1.00 e. The molecule has 8 heteroatoms. The molecular weight excluding hydrogens is 210 g/mol. The van der Waals surface area contributed by atoms with Crippen LogP contribution in [0, 0.1) is 0 Å². The summed E-state index contributed by atoms with van der Waals surface area (Å²) in [6.45, 7) is 0. The molecule has 0 aliphatic rings. The zero-order chi connectivity index (χ0) is 7.82. The maximum atomic E-state index is 8.70. The first-order valence-electron chi connectivity index (χ1n) is 2.28. The van der Waals surface area contributed by atoms with Crippen molar-refractivity contribution in [3.05, 3.63) is 24.8 Å². The Morgan fingerprint density at radius 2 is 1.58 bits per heavy atom. The Bertz CT molecular complexity index is 162. The molecule has 64 valence electrons. The standard InChI is InChI=1S/C4H4N2.K.HO3P.H2O.H/c1-2-5-4-6-3-1;;1-4(2)3;;/h1-4H;;(H-,1,2,3);1H2;/q;+1;;;-1/p+1. The molecule has 0 radical (unpaired) electrons. The van der Waals surface area contributed by atoms with Crippen LogP contribution in [0.4, 0.5) is 0 Å². The second-order valence-corrected chi connectivity index (χ2v) is 1.66. The molecule has 4 N–H and O–H groups in total. The molecule has 1 heterocycles. The van der Waals surface area contributed by atoms with Gasteiger partial charge in [-0.2, -0.15) is 0 Å². The van der Waals surface area contributed by atoms with Crippen LogP contribution in [0.2, 0.25) is 0 Å². The predicted octanol–water partition coefficient (Wildman–Crippen LogP) is -3.60. The average Bonchev–Trinajstić information content (AvgIpc) is 1.90. The van der Waals surface area contributed by atoms with Gasteiger partial charge in [-0.15, -0.1) is 9.79 Å². The molecule has 6 nitrogen and oxygen atoms in total. The summed E-state index contributed by atoms with van der Waals surface area (Å²) in [7, 11) is -2.87. The third-order valence-corrected chi connectivity index (χ3v) is 0.478. The van der Waals surface area contributed by atoms with Crippen molar-refractivity contribution in [3.8, 4) is 0 Å². The van der Waals surface area contributed by atoms with Gasteiger partial charge in [0.2, 0.25) is 0 Å². The number of rotatable bonds is 0. The minimum atomic E-state index is -2.87. The Morgan fingerprint density at radius 3 is 1.67 bits per heavy atom. The Morgan fingerprint density at radius 1 is 1.25 bits per heavy atom. The van der Waals surface area contributed by atoms with E-state index in [0.717, 1.165) is 0 Å². The van der Waals surface area contributed by atoms with Gasteiger partial charge in [0.25, 0.3) is 0 Å². The van der Waals surface area contributed by atoms with Crippen LogP contribution in [0.15, 0.2) is 24.8 Å². The molecule has 0 bridgehead atoms. The van der Waals surface area contributed by atoms with Gasteiger partial charge in [0.05, 0.1) is 0 Å². The molecule has 1 aromatic heterocycles. The van der Waals surface area contributed by atoms with Gasteiger partial charge in [0, 0.05) is 17.0 Å². The molecule has 1 rings (SSSR count).